The number of hydrogen-bond acceptors (Lipinski definition) is 3. The minimum atomic E-state index is -1.45. The van der Waals surface area contributed by atoms with Crippen molar-refractivity contribution in [1.29, 1.82) is 0 Å². The molecule has 0 aliphatic carbocycles. The van der Waals surface area contributed by atoms with Crippen LogP contribution in [0.5, 0.6) is 5.75 Å². The van der Waals surface area contributed by atoms with Crippen molar-refractivity contribution in [2.45, 2.75) is 13.8 Å². The molecule has 0 saturated carbocycles. The van der Waals surface area contributed by atoms with Gasteiger partial charge in [-0.25, -0.2) is 9.59 Å². The summed E-state index contributed by atoms with van der Waals surface area (Å²) in [4.78, 5) is 21.7. The van der Waals surface area contributed by atoms with Crippen LogP contribution in [0.4, 0.5) is 0 Å². The molecule has 0 unspecified atom stereocenters. The Kier molecular flexibility index (Phi) is 2.65. The number of aromatic hydroxyl groups is 1. The van der Waals surface area contributed by atoms with Gasteiger partial charge >= 0.3 is 11.9 Å². The van der Waals surface area contributed by atoms with E-state index in [1.54, 1.807) is 0 Å². The van der Waals surface area contributed by atoms with Crippen molar-refractivity contribution >= 4 is 11.9 Å². The third-order valence-electron chi connectivity index (χ3n) is 2.12. The minimum Gasteiger partial charge on any atom is -0.507 e. The van der Waals surface area contributed by atoms with Crippen LogP contribution in [-0.2, 0) is 0 Å². The van der Waals surface area contributed by atoms with Crippen LogP contribution in [-0.4, -0.2) is 27.3 Å². The van der Waals surface area contributed by atoms with Crippen molar-refractivity contribution in [1.82, 2.24) is 0 Å². The van der Waals surface area contributed by atoms with Crippen molar-refractivity contribution in [3.05, 3.63) is 28.3 Å². The molecule has 1 aromatic rings. The fourth-order valence-electron chi connectivity index (χ4n) is 1.46. The van der Waals surface area contributed by atoms with E-state index in [0.717, 1.165) is 0 Å². The second kappa shape index (κ2) is 3.61. The van der Waals surface area contributed by atoms with E-state index in [4.69, 9.17) is 10.2 Å². The van der Waals surface area contributed by atoms with Crippen LogP contribution in [0.1, 0.15) is 31.8 Å². The molecule has 0 fully saturated rings. The first-order valence-electron chi connectivity index (χ1n) is 4.16. The van der Waals surface area contributed by atoms with E-state index in [2.05, 4.69) is 0 Å². The Morgan fingerprint density at radius 1 is 1.00 bits per heavy atom. The Bertz CT molecular complexity index is 448. The highest BCUT2D eigenvalue weighted by atomic mass is 16.4. The van der Waals surface area contributed by atoms with Gasteiger partial charge in [-0.3, -0.25) is 0 Å². The number of hydrogen-bond donors (Lipinski definition) is 3. The van der Waals surface area contributed by atoms with Crippen LogP contribution in [0.15, 0.2) is 6.07 Å². The number of rotatable bonds is 2. The molecule has 0 heterocycles. The lowest BCUT2D eigenvalue weighted by Gasteiger charge is -2.09. The first-order valence-corrected chi connectivity index (χ1v) is 4.16. The SMILES string of the molecule is Cc1cc(C)c(C(=O)O)c(C(=O)O)c1O. The Labute approximate surface area is 85.6 Å². The zero-order valence-electron chi connectivity index (χ0n) is 8.24. The zero-order valence-corrected chi connectivity index (χ0v) is 8.24. The maximum absolute atomic E-state index is 10.8. The van der Waals surface area contributed by atoms with Gasteiger partial charge in [0.2, 0.25) is 0 Å². The summed E-state index contributed by atoms with van der Waals surface area (Å²) in [7, 11) is 0. The van der Waals surface area contributed by atoms with Crippen LogP contribution < -0.4 is 0 Å². The number of benzene rings is 1. The maximum Gasteiger partial charge on any atom is 0.340 e. The van der Waals surface area contributed by atoms with Crippen molar-refractivity contribution in [2.75, 3.05) is 0 Å². The van der Waals surface area contributed by atoms with E-state index >= 15 is 0 Å². The maximum atomic E-state index is 10.8. The van der Waals surface area contributed by atoms with E-state index in [1.165, 1.54) is 19.9 Å². The van der Waals surface area contributed by atoms with E-state index < -0.39 is 23.3 Å². The van der Waals surface area contributed by atoms with Crippen LogP contribution in [0, 0.1) is 13.8 Å². The number of carboxylic acid groups (broad SMARTS) is 2. The summed E-state index contributed by atoms with van der Waals surface area (Å²) in [5.74, 6) is -3.30. The smallest absolute Gasteiger partial charge is 0.340 e. The van der Waals surface area contributed by atoms with Crippen LogP contribution >= 0.6 is 0 Å². The Morgan fingerprint density at radius 3 is 1.87 bits per heavy atom. The number of phenols is 1. The second-order valence-corrected chi connectivity index (χ2v) is 3.22. The highest BCUT2D eigenvalue weighted by Crippen LogP contribution is 2.28. The summed E-state index contributed by atoms with van der Waals surface area (Å²) in [6.07, 6.45) is 0. The minimum absolute atomic E-state index is 0.315. The van der Waals surface area contributed by atoms with Gasteiger partial charge in [0, 0.05) is 0 Å². The number of carboxylic acids is 2. The van der Waals surface area contributed by atoms with Gasteiger partial charge in [-0.15, -0.1) is 0 Å². The third kappa shape index (κ3) is 1.76. The molecule has 0 atom stereocenters. The van der Waals surface area contributed by atoms with E-state index in [-0.39, 0.29) is 5.56 Å². The predicted molar refractivity (Wildman–Crippen MR) is 51.5 cm³/mol. The highest BCUT2D eigenvalue weighted by molar-refractivity contribution is 6.05. The molecule has 1 aromatic carbocycles. The summed E-state index contributed by atoms with van der Waals surface area (Å²) in [6.45, 7) is 3.00. The molecule has 0 aliphatic rings. The Balaban J connectivity index is 3.69. The standard InChI is InChI=1S/C10H10O5/c1-4-3-5(2)8(11)7(10(14)15)6(4)9(12)13/h3,11H,1-2H3,(H,12,13)(H,14,15). The lowest BCUT2D eigenvalue weighted by molar-refractivity contribution is 0.0647. The van der Waals surface area contributed by atoms with E-state index in [1.807, 2.05) is 0 Å². The first-order chi connectivity index (χ1) is 6.86. The largest absolute Gasteiger partial charge is 0.507 e. The summed E-state index contributed by atoms with van der Waals surface area (Å²) in [6, 6.07) is 1.44. The normalized spacial score (nSPS) is 10.0. The van der Waals surface area contributed by atoms with Gasteiger partial charge in [-0.05, 0) is 25.0 Å². The average molecular weight is 210 g/mol. The molecule has 0 aromatic heterocycles. The molecule has 0 spiro atoms. The number of aryl methyl sites for hydroxylation is 2. The molecular weight excluding hydrogens is 200 g/mol. The van der Waals surface area contributed by atoms with Crippen molar-refractivity contribution < 1.29 is 24.9 Å². The summed E-state index contributed by atoms with van der Waals surface area (Å²) in [5, 5.41) is 27.1. The highest BCUT2D eigenvalue weighted by Gasteiger charge is 2.23. The quantitative estimate of drug-likeness (QED) is 0.685. The lowest BCUT2D eigenvalue weighted by atomic mass is 9.97. The molecule has 5 heteroatoms. The number of aromatic carboxylic acids is 2. The summed E-state index contributed by atoms with van der Waals surface area (Å²) in [5.41, 5.74) is -0.268. The summed E-state index contributed by atoms with van der Waals surface area (Å²) < 4.78 is 0. The van der Waals surface area contributed by atoms with E-state index in [0.29, 0.717) is 11.1 Å². The molecule has 0 bridgehead atoms. The van der Waals surface area contributed by atoms with Gasteiger partial charge in [0.15, 0.2) is 0 Å². The topological polar surface area (TPSA) is 94.8 Å². The van der Waals surface area contributed by atoms with Gasteiger partial charge in [-0.1, -0.05) is 6.07 Å². The van der Waals surface area contributed by atoms with Crippen molar-refractivity contribution in [2.24, 2.45) is 0 Å². The molecule has 0 saturated heterocycles. The molecule has 0 amide bonds. The molecule has 80 valence electrons. The molecule has 3 N–H and O–H groups in total. The van der Waals surface area contributed by atoms with Crippen LogP contribution in [0.3, 0.4) is 0 Å². The molecular formula is C10H10O5. The fourth-order valence-corrected chi connectivity index (χ4v) is 1.46. The molecule has 0 radical (unpaired) electrons. The Hall–Kier alpha value is -2.04. The van der Waals surface area contributed by atoms with Crippen molar-refractivity contribution in [3.63, 3.8) is 0 Å². The van der Waals surface area contributed by atoms with Gasteiger partial charge in [0.1, 0.15) is 11.3 Å². The molecule has 5 nitrogen and oxygen atoms in total. The lowest BCUT2D eigenvalue weighted by Crippen LogP contribution is -2.11. The average Bonchev–Trinajstić information content (AvgIpc) is 2.09. The van der Waals surface area contributed by atoms with E-state index in [9.17, 15) is 14.7 Å². The predicted octanol–water partition coefficient (Wildman–Crippen LogP) is 1.41. The van der Waals surface area contributed by atoms with Gasteiger partial charge in [0.25, 0.3) is 0 Å². The third-order valence-corrected chi connectivity index (χ3v) is 2.12. The van der Waals surface area contributed by atoms with Crippen LogP contribution in [0.2, 0.25) is 0 Å². The molecule has 15 heavy (non-hydrogen) atoms. The zero-order chi connectivity index (χ0) is 11.7. The van der Waals surface area contributed by atoms with Gasteiger partial charge < -0.3 is 15.3 Å². The van der Waals surface area contributed by atoms with Crippen molar-refractivity contribution in [3.8, 4) is 5.75 Å². The van der Waals surface area contributed by atoms with Crippen LogP contribution in [0.25, 0.3) is 0 Å². The number of carbonyl (C=O) groups is 2. The van der Waals surface area contributed by atoms with Gasteiger partial charge in [0.05, 0.1) is 5.56 Å². The monoisotopic (exact) mass is 210 g/mol. The van der Waals surface area contributed by atoms with Gasteiger partial charge in [-0.2, -0.15) is 0 Å². The molecule has 0 aliphatic heterocycles. The molecule has 1 rings (SSSR count). The Morgan fingerprint density at radius 2 is 1.47 bits per heavy atom. The first kappa shape index (κ1) is 11.0. The summed E-state index contributed by atoms with van der Waals surface area (Å²) >= 11 is 0. The second-order valence-electron chi connectivity index (χ2n) is 3.22. The fraction of sp³-hybridized carbons (Fsp3) is 0.200.